The number of hydrogen-bond acceptors (Lipinski definition) is 11. The molecule has 1 saturated heterocycles. The molecular weight excluding hydrogens is 576 g/mol. The van der Waals surface area contributed by atoms with Crippen LogP contribution in [0.5, 0.6) is 23.0 Å². The molecule has 0 radical (unpaired) electrons. The zero-order valence-electron chi connectivity index (χ0n) is 24.9. The highest BCUT2D eigenvalue weighted by atomic mass is 32.1. The number of ketones is 1. The van der Waals surface area contributed by atoms with Crippen molar-refractivity contribution < 1.29 is 43.2 Å². The molecule has 0 aliphatic carbocycles. The molecule has 1 amide bonds. The predicted molar refractivity (Wildman–Crippen MR) is 161 cm³/mol. The van der Waals surface area contributed by atoms with E-state index >= 15 is 0 Å². The van der Waals surface area contributed by atoms with E-state index in [-0.39, 0.29) is 39.3 Å². The normalized spacial score (nSPS) is 15.9. The molecule has 1 aliphatic heterocycles. The lowest BCUT2D eigenvalue weighted by atomic mass is 9.94. The number of rotatable bonds is 12. The van der Waals surface area contributed by atoms with Gasteiger partial charge in [0.25, 0.3) is 5.78 Å². The second-order valence-corrected chi connectivity index (χ2v) is 10.5. The molecule has 1 unspecified atom stereocenters. The second kappa shape index (κ2) is 13.6. The van der Waals surface area contributed by atoms with Crippen molar-refractivity contribution in [3.63, 3.8) is 0 Å². The highest BCUT2D eigenvalue weighted by Gasteiger charge is 2.49. The van der Waals surface area contributed by atoms with Crippen molar-refractivity contribution in [3.8, 4) is 23.0 Å². The Morgan fingerprint density at radius 1 is 1.05 bits per heavy atom. The topological polar surface area (TPSA) is 134 Å². The molecule has 2 aromatic carbocycles. The van der Waals surface area contributed by atoms with Crippen LogP contribution in [0, 0.1) is 6.92 Å². The number of aromatic nitrogens is 1. The number of thiazole rings is 1. The van der Waals surface area contributed by atoms with Gasteiger partial charge in [-0.2, -0.15) is 0 Å². The summed E-state index contributed by atoms with van der Waals surface area (Å²) in [7, 11) is 4.34. The third kappa shape index (κ3) is 6.14. The summed E-state index contributed by atoms with van der Waals surface area (Å²) < 4.78 is 27.5. The van der Waals surface area contributed by atoms with Crippen molar-refractivity contribution in [1.82, 2.24) is 4.98 Å². The maximum atomic E-state index is 13.7. The molecule has 1 fully saturated rings. The van der Waals surface area contributed by atoms with Gasteiger partial charge in [0.15, 0.2) is 16.6 Å². The van der Waals surface area contributed by atoms with Crippen LogP contribution in [0.1, 0.15) is 59.2 Å². The van der Waals surface area contributed by atoms with E-state index in [1.165, 1.54) is 21.3 Å². The smallest absolute Gasteiger partial charge is 0.350 e. The summed E-state index contributed by atoms with van der Waals surface area (Å²) in [6.45, 7) is 5.99. The molecule has 11 nitrogen and oxygen atoms in total. The molecule has 2 heterocycles. The van der Waals surface area contributed by atoms with Gasteiger partial charge in [0.2, 0.25) is 5.75 Å². The minimum absolute atomic E-state index is 0.0807. The Morgan fingerprint density at radius 3 is 2.35 bits per heavy atom. The Morgan fingerprint density at radius 2 is 1.74 bits per heavy atom. The van der Waals surface area contributed by atoms with Crippen LogP contribution in [0.3, 0.4) is 0 Å². The maximum absolute atomic E-state index is 13.7. The van der Waals surface area contributed by atoms with E-state index in [2.05, 4.69) is 4.98 Å². The van der Waals surface area contributed by atoms with Crippen molar-refractivity contribution in [2.24, 2.45) is 0 Å². The average Bonchev–Trinajstić information content (AvgIpc) is 3.52. The molecule has 3 aromatic rings. The highest BCUT2D eigenvalue weighted by molar-refractivity contribution is 7.17. The number of benzene rings is 2. The van der Waals surface area contributed by atoms with Crippen molar-refractivity contribution in [2.75, 3.05) is 39.4 Å². The monoisotopic (exact) mass is 610 g/mol. The molecule has 1 aromatic heterocycles. The number of ether oxygens (including phenoxy) is 5. The van der Waals surface area contributed by atoms with E-state index in [0.717, 1.165) is 29.1 Å². The molecule has 1 aliphatic rings. The maximum Gasteiger partial charge on any atom is 0.350 e. The van der Waals surface area contributed by atoms with Crippen LogP contribution in [0.4, 0.5) is 5.13 Å². The van der Waals surface area contributed by atoms with Crippen LogP contribution in [-0.2, 0) is 14.3 Å². The number of aryl methyl sites for hydroxylation is 1. The van der Waals surface area contributed by atoms with Gasteiger partial charge >= 0.3 is 11.9 Å². The zero-order valence-corrected chi connectivity index (χ0v) is 25.7. The van der Waals surface area contributed by atoms with Crippen LogP contribution in [0.2, 0.25) is 0 Å². The zero-order chi connectivity index (χ0) is 31.3. The minimum Gasteiger partial charge on any atom is -0.507 e. The van der Waals surface area contributed by atoms with Crippen LogP contribution >= 0.6 is 11.3 Å². The van der Waals surface area contributed by atoms with E-state index in [1.54, 1.807) is 50.2 Å². The number of Topliss-reactive ketones (excluding diaryl/α,β-unsaturated/α-hetero) is 1. The first-order valence-electron chi connectivity index (χ1n) is 13.7. The molecule has 0 bridgehead atoms. The number of carbonyl (C=O) groups excluding carboxylic acids is 3. The molecule has 1 N–H and O–H groups in total. The van der Waals surface area contributed by atoms with Gasteiger partial charge in [-0.15, -0.1) is 0 Å². The molecule has 12 heteroatoms. The molecule has 0 saturated carbocycles. The van der Waals surface area contributed by atoms with Gasteiger partial charge in [0.05, 0.1) is 51.9 Å². The van der Waals surface area contributed by atoms with Crippen molar-refractivity contribution >= 4 is 39.9 Å². The van der Waals surface area contributed by atoms with Gasteiger partial charge in [-0.1, -0.05) is 36.8 Å². The number of anilines is 1. The lowest BCUT2D eigenvalue weighted by molar-refractivity contribution is -0.132. The predicted octanol–water partition coefficient (Wildman–Crippen LogP) is 5.46. The summed E-state index contributed by atoms with van der Waals surface area (Å²) in [6.07, 6.45) is 1.80. The summed E-state index contributed by atoms with van der Waals surface area (Å²) in [6, 6.07) is 8.68. The standard InChI is InChI=1S/C31H34N2O9S/c1-7-9-13-42-20-12-10-11-18(14-20)25(34)23-24(19-15-21(38-4)27(40-6)22(16-19)39-5)33(29(36)26(23)35)31-32-17(3)28(43-31)30(37)41-8-2/h10-12,14-16,24,34H,7-9,13H2,1-6H3/b25-23+. The number of carbonyl (C=O) groups is 3. The second-order valence-electron chi connectivity index (χ2n) is 9.49. The highest BCUT2D eigenvalue weighted by Crippen LogP contribution is 2.48. The lowest BCUT2D eigenvalue weighted by Crippen LogP contribution is -2.29. The summed E-state index contributed by atoms with van der Waals surface area (Å²) >= 11 is 0.916. The first-order chi connectivity index (χ1) is 20.7. The number of amides is 1. The third-order valence-corrected chi connectivity index (χ3v) is 7.91. The van der Waals surface area contributed by atoms with E-state index in [9.17, 15) is 19.5 Å². The van der Waals surface area contributed by atoms with Gasteiger partial charge in [0.1, 0.15) is 16.4 Å². The van der Waals surface area contributed by atoms with E-state index in [0.29, 0.717) is 29.4 Å². The largest absolute Gasteiger partial charge is 0.507 e. The van der Waals surface area contributed by atoms with Crippen molar-refractivity contribution in [3.05, 3.63) is 63.7 Å². The number of nitrogens with zero attached hydrogens (tertiary/aromatic N) is 2. The fourth-order valence-electron chi connectivity index (χ4n) is 4.70. The molecule has 0 spiro atoms. The van der Waals surface area contributed by atoms with Gasteiger partial charge in [-0.3, -0.25) is 14.5 Å². The Kier molecular flexibility index (Phi) is 9.92. The first kappa shape index (κ1) is 31.4. The number of methoxy groups -OCH3 is 3. The summed E-state index contributed by atoms with van der Waals surface area (Å²) in [5.41, 5.74) is 0.805. The lowest BCUT2D eigenvalue weighted by Gasteiger charge is -2.24. The fraction of sp³-hybridized carbons (Fsp3) is 0.355. The first-order valence-corrected chi connectivity index (χ1v) is 14.5. The Labute approximate surface area is 253 Å². The van der Waals surface area contributed by atoms with Gasteiger partial charge < -0.3 is 28.8 Å². The Hall–Kier alpha value is -4.58. The van der Waals surface area contributed by atoms with E-state index in [1.807, 2.05) is 6.92 Å². The number of unbranched alkanes of at least 4 members (excludes halogenated alkanes) is 1. The quantitative estimate of drug-likeness (QED) is 0.0926. The van der Waals surface area contributed by atoms with Crippen LogP contribution < -0.4 is 23.8 Å². The summed E-state index contributed by atoms with van der Waals surface area (Å²) in [5.74, 6) is -1.50. The van der Waals surface area contributed by atoms with Crippen LogP contribution in [0.15, 0.2) is 42.0 Å². The number of aliphatic hydroxyl groups is 1. The Bertz CT molecular complexity index is 1540. The average molecular weight is 611 g/mol. The number of aliphatic hydroxyl groups excluding tert-OH is 1. The fourth-order valence-corrected chi connectivity index (χ4v) is 5.69. The van der Waals surface area contributed by atoms with Crippen LogP contribution in [-0.4, -0.2) is 62.3 Å². The van der Waals surface area contributed by atoms with E-state index in [4.69, 9.17) is 23.7 Å². The number of hydrogen-bond donors (Lipinski definition) is 1. The minimum atomic E-state index is -1.17. The molecule has 4 rings (SSSR count). The van der Waals surface area contributed by atoms with Crippen molar-refractivity contribution in [1.29, 1.82) is 0 Å². The van der Waals surface area contributed by atoms with Crippen molar-refractivity contribution in [2.45, 2.75) is 39.7 Å². The Balaban J connectivity index is 1.95. The summed E-state index contributed by atoms with van der Waals surface area (Å²) in [5, 5.41) is 11.7. The number of esters is 1. The van der Waals surface area contributed by atoms with Gasteiger partial charge in [-0.25, -0.2) is 9.78 Å². The van der Waals surface area contributed by atoms with Gasteiger partial charge in [-0.05, 0) is 50.1 Å². The molecular formula is C31H34N2O9S. The molecule has 228 valence electrons. The molecule has 43 heavy (non-hydrogen) atoms. The van der Waals surface area contributed by atoms with Gasteiger partial charge in [0, 0.05) is 5.56 Å². The molecule has 1 atom stereocenters. The summed E-state index contributed by atoms with van der Waals surface area (Å²) in [4.78, 5) is 45.8. The third-order valence-electron chi connectivity index (χ3n) is 6.77. The van der Waals surface area contributed by atoms with E-state index < -0.39 is 29.5 Å². The SMILES string of the molecule is CCCCOc1cccc(/C(O)=C2\C(=O)C(=O)N(c3nc(C)c(C(=O)OCC)s3)C2c2cc(OC)c(OC)c(OC)c2)c1. The van der Waals surface area contributed by atoms with Crippen LogP contribution in [0.25, 0.3) is 5.76 Å².